The van der Waals surface area contributed by atoms with Crippen molar-refractivity contribution in [3.05, 3.63) is 16.3 Å². The van der Waals surface area contributed by atoms with Gasteiger partial charge in [0.2, 0.25) is 5.91 Å². The smallest absolute Gasteiger partial charge is 0.340 e. The van der Waals surface area contributed by atoms with E-state index in [-0.39, 0.29) is 23.3 Å². The van der Waals surface area contributed by atoms with Gasteiger partial charge in [0.15, 0.2) is 5.82 Å². The van der Waals surface area contributed by atoms with Crippen molar-refractivity contribution in [1.29, 1.82) is 0 Å². The summed E-state index contributed by atoms with van der Waals surface area (Å²) in [6, 6.07) is 0. The SMILES string of the molecule is CN(Cc1n[nH]c(=O)[nH]1)C(=O)CC1CCC2(CCC2)O1. The van der Waals surface area contributed by atoms with E-state index in [4.69, 9.17) is 4.74 Å². The van der Waals surface area contributed by atoms with E-state index in [0.29, 0.717) is 18.8 Å². The van der Waals surface area contributed by atoms with Crippen LogP contribution in [0.5, 0.6) is 0 Å². The van der Waals surface area contributed by atoms with E-state index in [1.165, 1.54) is 6.42 Å². The number of nitrogens with one attached hydrogen (secondary N) is 2. The molecule has 1 saturated carbocycles. The number of amides is 1. The number of ether oxygens (including phenoxy) is 1. The second-order valence-corrected chi connectivity index (χ2v) is 5.89. The molecule has 2 fully saturated rings. The molecule has 2 N–H and O–H groups in total. The Kier molecular flexibility index (Phi) is 3.37. The minimum atomic E-state index is -0.355. The molecule has 2 aliphatic rings. The van der Waals surface area contributed by atoms with Crippen molar-refractivity contribution in [2.75, 3.05) is 7.05 Å². The highest BCUT2D eigenvalue weighted by Gasteiger charge is 2.45. The third-order valence-electron chi connectivity index (χ3n) is 4.37. The molecule has 3 rings (SSSR count). The van der Waals surface area contributed by atoms with Gasteiger partial charge >= 0.3 is 5.69 Å². The van der Waals surface area contributed by atoms with Crippen LogP contribution >= 0.6 is 0 Å². The third-order valence-corrected chi connectivity index (χ3v) is 4.37. The van der Waals surface area contributed by atoms with Gasteiger partial charge in [0.25, 0.3) is 0 Å². The van der Waals surface area contributed by atoms with Gasteiger partial charge in [-0.25, -0.2) is 9.89 Å². The van der Waals surface area contributed by atoms with E-state index < -0.39 is 0 Å². The number of hydrogen-bond acceptors (Lipinski definition) is 4. The van der Waals surface area contributed by atoms with Gasteiger partial charge in [-0.2, -0.15) is 5.10 Å². The predicted molar refractivity (Wildman–Crippen MR) is 71.0 cm³/mol. The standard InChI is InChI=1S/C13H20N4O3/c1-17(8-10-14-12(19)16-15-10)11(18)7-9-3-6-13(20-9)4-2-5-13/h9H,2-8H2,1H3,(H2,14,15,16,19). The van der Waals surface area contributed by atoms with Crippen LogP contribution in [0.3, 0.4) is 0 Å². The van der Waals surface area contributed by atoms with Crippen LogP contribution < -0.4 is 5.69 Å². The molecule has 1 unspecified atom stereocenters. The lowest BCUT2D eigenvalue weighted by atomic mass is 9.78. The Hall–Kier alpha value is -1.63. The summed E-state index contributed by atoms with van der Waals surface area (Å²) in [6.45, 7) is 0.301. The van der Waals surface area contributed by atoms with Gasteiger partial charge in [0, 0.05) is 7.05 Å². The minimum absolute atomic E-state index is 0.0234. The molecule has 1 aliphatic carbocycles. The van der Waals surface area contributed by atoms with Crippen molar-refractivity contribution in [3.8, 4) is 0 Å². The quantitative estimate of drug-likeness (QED) is 0.842. The molecule has 1 spiro atoms. The molecule has 1 amide bonds. The number of hydrogen-bond donors (Lipinski definition) is 2. The van der Waals surface area contributed by atoms with Crippen molar-refractivity contribution in [3.63, 3.8) is 0 Å². The van der Waals surface area contributed by atoms with E-state index in [9.17, 15) is 9.59 Å². The highest BCUT2D eigenvalue weighted by Crippen LogP contribution is 2.46. The largest absolute Gasteiger partial charge is 0.371 e. The summed E-state index contributed by atoms with van der Waals surface area (Å²) in [5.74, 6) is 0.490. The molecular formula is C13H20N4O3. The lowest BCUT2D eigenvalue weighted by Crippen LogP contribution is -2.37. The molecular weight excluding hydrogens is 260 g/mol. The fourth-order valence-corrected chi connectivity index (χ4v) is 3.02. The molecule has 1 atom stereocenters. The maximum absolute atomic E-state index is 12.1. The maximum atomic E-state index is 12.1. The Morgan fingerprint density at radius 3 is 2.85 bits per heavy atom. The highest BCUT2D eigenvalue weighted by atomic mass is 16.5. The van der Waals surface area contributed by atoms with Crippen molar-refractivity contribution < 1.29 is 9.53 Å². The summed E-state index contributed by atoms with van der Waals surface area (Å²) < 4.78 is 6.03. The van der Waals surface area contributed by atoms with Crippen molar-refractivity contribution in [1.82, 2.24) is 20.1 Å². The molecule has 0 aromatic carbocycles. The number of aromatic nitrogens is 3. The molecule has 1 saturated heterocycles. The van der Waals surface area contributed by atoms with E-state index in [1.54, 1.807) is 11.9 Å². The van der Waals surface area contributed by atoms with Crippen LogP contribution in [0.4, 0.5) is 0 Å². The van der Waals surface area contributed by atoms with Gasteiger partial charge < -0.3 is 9.64 Å². The van der Waals surface area contributed by atoms with E-state index in [0.717, 1.165) is 25.7 Å². The summed E-state index contributed by atoms with van der Waals surface area (Å²) in [7, 11) is 1.71. The summed E-state index contributed by atoms with van der Waals surface area (Å²) in [5.41, 5.74) is -0.261. The van der Waals surface area contributed by atoms with Gasteiger partial charge in [0.05, 0.1) is 24.7 Å². The number of rotatable bonds is 4. The van der Waals surface area contributed by atoms with Gasteiger partial charge in [-0.15, -0.1) is 0 Å². The first kappa shape index (κ1) is 13.4. The lowest BCUT2D eigenvalue weighted by molar-refractivity contribution is -0.137. The molecule has 1 aliphatic heterocycles. The number of nitrogens with zero attached hydrogens (tertiary/aromatic N) is 2. The van der Waals surface area contributed by atoms with Crippen LogP contribution in [0.25, 0.3) is 0 Å². The van der Waals surface area contributed by atoms with E-state index in [2.05, 4.69) is 15.2 Å². The molecule has 2 heterocycles. The number of aromatic amines is 2. The fourth-order valence-electron chi connectivity index (χ4n) is 3.02. The molecule has 1 aromatic heterocycles. The van der Waals surface area contributed by atoms with Crippen molar-refractivity contribution in [2.24, 2.45) is 0 Å². The first-order valence-electron chi connectivity index (χ1n) is 7.12. The average Bonchev–Trinajstić information content (AvgIpc) is 2.95. The fraction of sp³-hybridized carbons (Fsp3) is 0.769. The predicted octanol–water partition coefficient (Wildman–Crippen LogP) is 0.548. The molecule has 0 radical (unpaired) electrons. The zero-order valence-corrected chi connectivity index (χ0v) is 11.6. The topological polar surface area (TPSA) is 91.1 Å². The zero-order chi connectivity index (χ0) is 14.2. The minimum Gasteiger partial charge on any atom is -0.371 e. The molecule has 110 valence electrons. The first-order chi connectivity index (χ1) is 9.56. The Morgan fingerprint density at radius 2 is 2.30 bits per heavy atom. The maximum Gasteiger partial charge on any atom is 0.340 e. The van der Waals surface area contributed by atoms with E-state index >= 15 is 0 Å². The van der Waals surface area contributed by atoms with Crippen LogP contribution in [-0.4, -0.2) is 44.7 Å². The first-order valence-corrected chi connectivity index (χ1v) is 7.12. The Morgan fingerprint density at radius 1 is 1.50 bits per heavy atom. The lowest BCUT2D eigenvalue weighted by Gasteiger charge is -2.38. The second-order valence-electron chi connectivity index (χ2n) is 5.89. The van der Waals surface area contributed by atoms with E-state index in [1.807, 2.05) is 0 Å². The van der Waals surface area contributed by atoms with Crippen molar-refractivity contribution >= 4 is 5.91 Å². The Balaban J connectivity index is 1.50. The van der Waals surface area contributed by atoms with Gasteiger partial charge in [-0.05, 0) is 32.1 Å². The Bertz CT molecular complexity index is 546. The Labute approximate surface area is 116 Å². The van der Waals surface area contributed by atoms with Crippen molar-refractivity contribution in [2.45, 2.75) is 56.8 Å². The molecule has 7 heteroatoms. The molecule has 1 aromatic rings. The van der Waals surface area contributed by atoms with Crippen LogP contribution in [0.2, 0.25) is 0 Å². The van der Waals surface area contributed by atoms with Gasteiger partial charge in [-0.1, -0.05) is 0 Å². The van der Waals surface area contributed by atoms with Crippen LogP contribution in [-0.2, 0) is 16.1 Å². The normalized spacial score (nSPS) is 23.8. The number of carbonyl (C=O) groups excluding carboxylic acids is 1. The van der Waals surface area contributed by atoms with Crippen LogP contribution in [0.15, 0.2) is 4.79 Å². The zero-order valence-electron chi connectivity index (χ0n) is 11.6. The number of H-pyrrole nitrogens is 2. The summed E-state index contributed by atoms with van der Waals surface area (Å²) in [5, 5.41) is 6.09. The summed E-state index contributed by atoms with van der Waals surface area (Å²) in [4.78, 5) is 27.2. The third kappa shape index (κ3) is 2.63. The van der Waals surface area contributed by atoms with Gasteiger partial charge in [-0.3, -0.25) is 9.78 Å². The molecule has 7 nitrogen and oxygen atoms in total. The summed E-state index contributed by atoms with van der Waals surface area (Å²) in [6.07, 6.45) is 6.04. The number of carbonyl (C=O) groups is 1. The monoisotopic (exact) mass is 280 g/mol. The average molecular weight is 280 g/mol. The van der Waals surface area contributed by atoms with Crippen LogP contribution in [0.1, 0.15) is 44.3 Å². The van der Waals surface area contributed by atoms with Crippen LogP contribution in [0, 0.1) is 0 Å². The molecule has 20 heavy (non-hydrogen) atoms. The highest BCUT2D eigenvalue weighted by molar-refractivity contribution is 5.76. The van der Waals surface area contributed by atoms with Gasteiger partial charge in [0.1, 0.15) is 0 Å². The molecule has 0 bridgehead atoms. The summed E-state index contributed by atoms with van der Waals surface area (Å²) >= 11 is 0. The second kappa shape index (κ2) is 5.05.